The molecule has 1 aliphatic rings. The Bertz CT molecular complexity index is 909. The van der Waals surface area contributed by atoms with Crippen LogP contribution >= 0.6 is 11.6 Å². The number of fused-ring (bicyclic) bond motifs is 2. The molecule has 4 rings (SSSR count). The second-order valence-electron chi connectivity index (χ2n) is 5.79. The molecule has 0 bridgehead atoms. The van der Waals surface area contributed by atoms with Crippen molar-refractivity contribution in [3.8, 4) is 5.69 Å². The van der Waals surface area contributed by atoms with Crippen LogP contribution in [0.3, 0.4) is 0 Å². The number of hydrogen-bond donors (Lipinski definition) is 0. The van der Waals surface area contributed by atoms with Crippen molar-refractivity contribution >= 4 is 22.5 Å². The highest BCUT2D eigenvalue weighted by molar-refractivity contribution is 6.30. The molecular formula is C19H16ClNO. The third-order valence-electron chi connectivity index (χ3n) is 4.46. The first-order chi connectivity index (χ1) is 10.8. The zero-order chi connectivity index (χ0) is 15.1. The summed E-state index contributed by atoms with van der Waals surface area (Å²) in [7, 11) is 0. The maximum atomic E-state index is 12.8. The molecule has 3 heteroatoms. The number of para-hydroxylation sites is 1. The highest BCUT2D eigenvalue weighted by Gasteiger charge is 2.20. The molecule has 1 aromatic heterocycles. The predicted octanol–water partition coefficient (Wildman–Crippen LogP) is 4.52. The fraction of sp³-hybridized carbons (Fsp3) is 0.211. The lowest BCUT2D eigenvalue weighted by atomic mass is 9.93. The summed E-state index contributed by atoms with van der Waals surface area (Å²) in [6, 6.07) is 15.7. The van der Waals surface area contributed by atoms with E-state index in [9.17, 15) is 4.79 Å². The average molecular weight is 310 g/mol. The van der Waals surface area contributed by atoms with E-state index < -0.39 is 0 Å². The smallest absolute Gasteiger partial charge is 0.192 e. The van der Waals surface area contributed by atoms with Crippen LogP contribution in [0.4, 0.5) is 0 Å². The largest absolute Gasteiger partial charge is 0.313 e. The molecule has 0 saturated heterocycles. The van der Waals surface area contributed by atoms with Crippen LogP contribution in [0.2, 0.25) is 5.02 Å². The van der Waals surface area contributed by atoms with Gasteiger partial charge in [0.1, 0.15) is 0 Å². The highest BCUT2D eigenvalue weighted by Crippen LogP contribution is 2.27. The number of nitrogens with zero attached hydrogens (tertiary/aromatic N) is 1. The highest BCUT2D eigenvalue weighted by atomic mass is 35.5. The zero-order valence-electron chi connectivity index (χ0n) is 12.2. The summed E-state index contributed by atoms with van der Waals surface area (Å²) in [5.41, 5.74) is 4.40. The molecule has 0 atom stereocenters. The minimum Gasteiger partial charge on any atom is -0.313 e. The van der Waals surface area contributed by atoms with Crippen LogP contribution in [-0.4, -0.2) is 4.57 Å². The van der Waals surface area contributed by atoms with Gasteiger partial charge in [-0.15, -0.1) is 0 Å². The van der Waals surface area contributed by atoms with E-state index in [-0.39, 0.29) is 5.43 Å². The van der Waals surface area contributed by atoms with E-state index in [0.717, 1.165) is 58.6 Å². The molecule has 0 N–H and O–H groups in total. The summed E-state index contributed by atoms with van der Waals surface area (Å²) in [5, 5.41) is 1.53. The van der Waals surface area contributed by atoms with Crippen molar-refractivity contribution < 1.29 is 0 Å². The maximum absolute atomic E-state index is 12.8. The molecule has 0 radical (unpaired) electrons. The molecule has 0 saturated carbocycles. The Kier molecular flexibility index (Phi) is 3.27. The van der Waals surface area contributed by atoms with Crippen molar-refractivity contribution in [3.05, 3.63) is 75.0 Å². The molecule has 0 aliphatic heterocycles. The van der Waals surface area contributed by atoms with Crippen LogP contribution in [-0.2, 0) is 12.8 Å². The van der Waals surface area contributed by atoms with Crippen molar-refractivity contribution in [1.82, 2.24) is 4.57 Å². The molecule has 110 valence electrons. The van der Waals surface area contributed by atoms with E-state index in [1.165, 1.54) is 0 Å². The van der Waals surface area contributed by atoms with Crippen molar-refractivity contribution in [2.24, 2.45) is 0 Å². The van der Waals surface area contributed by atoms with E-state index in [0.29, 0.717) is 0 Å². The number of pyridine rings is 1. The normalized spacial score (nSPS) is 14.0. The van der Waals surface area contributed by atoms with E-state index >= 15 is 0 Å². The summed E-state index contributed by atoms with van der Waals surface area (Å²) >= 11 is 6.03. The second-order valence-corrected chi connectivity index (χ2v) is 6.23. The van der Waals surface area contributed by atoms with Gasteiger partial charge in [0.15, 0.2) is 5.43 Å². The van der Waals surface area contributed by atoms with Gasteiger partial charge in [0.2, 0.25) is 0 Å². The summed E-state index contributed by atoms with van der Waals surface area (Å²) < 4.78 is 2.24. The first-order valence-electron chi connectivity index (χ1n) is 7.67. The third-order valence-corrected chi connectivity index (χ3v) is 4.71. The Morgan fingerprint density at radius 2 is 1.64 bits per heavy atom. The van der Waals surface area contributed by atoms with E-state index in [4.69, 9.17) is 11.6 Å². The zero-order valence-corrected chi connectivity index (χ0v) is 12.9. The molecule has 1 heterocycles. The van der Waals surface area contributed by atoms with Gasteiger partial charge in [-0.3, -0.25) is 4.79 Å². The summed E-state index contributed by atoms with van der Waals surface area (Å²) in [6.45, 7) is 0. The number of benzene rings is 2. The van der Waals surface area contributed by atoms with Crippen LogP contribution in [0, 0.1) is 0 Å². The Labute approximate surface area is 134 Å². The van der Waals surface area contributed by atoms with Crippen molar-refractivity contribution in [2.75, 3.05) is 0 Å². The molecule has 0 fully saturated rings. The predicted molar refractivity (Wildman–Crippen MR) is 91.2 cm³/mol. The Balaban J connectivity index is 2.14. The van der Waals surface area contributed by atoms with Crippen LogP contribution in [0.5, 0.6) is 0 Å². The number of hydrogen-bond acceptors (Lipinski definition) is 1. The first kappa shape index (κ1) is 13.6. The van der Waals surface area contributed by atoms with E-state index in [1.807, 2.05) is 48.5 Å². The second kappa shape index (κ2) is 5.29. The Hall–Kier alpha value is -2.06. The number of halogens is 1. The molecule has 3 aromatic rings. The van der Waals surface area contributed by atoms with Gasteiger partial charge in [-0.05, 0) is 62.1 Å². The van der Waals surface area contributed by atoms with Gasteiger partial charge in [0.25, 0.3) is 0 Å². The fourth-order valence-electron chi connectivity index (χ4n) is 3.43. The number of rotatable bonds is 1. The van der Waals surface area contributed by atoms with Gasteiger partial charge in [-0.2, -0.15) is 0 Å². The van der Waals surface area contributed by atoms with Crippen molar-refractivity contribution in [2.45, 2.75) is 25.7 Å². The van der Waals surface area contributed by atoms with Gasteiger partial charge < -0.3 is 4.57 Å². The Morgan fingerprint density at radius 1 is 0.909 bits per heavy atom. The molecule has 0 amide bonds. The summed E-state index contributed by atoms with van der Waals surface area (Å²) in [6.07, 6.45) is 4.07. The van der Waals surface area contributed by atoms with Crippen molar-refractivity contribution in [1.29, 1.82) is 0 Å². The summed E-state index contributed by atoms with van der Waals surface area (Å²) in [5.74, 6) is 0. The van der Waals surface area contributed by atoms with E-state index in [1.54, 1.807) is 0 Å². The van der Waals surface area contributed by atoms with Crippen molar-refractivity contribution in [3.63, 3.8) is 0 Å². The van der Waals surface area contributed by atoms with E-state index in [2.05, 4.69) is 4.57 Å². The fourth-order valence-corrected chi connectivity index (χ4v) is 3.56. The van der Waals surface area contributed by atoms with Crippen LogP contribution < -0.4 is 5.43 Å². The van der Waals surface area contributed by atoms with Crippen LogP contribution in [0.15, 0.2) is 53.3 Å². The first-order valence-corrected chi connectivity index (χ1v) is 8.05. The van der Waals surface area contributed by atoms with Gasteiger partial charge in [0.05, 0.1) is 5.52 Å². The minimum absolute atomic E-state index is 0.204. The molecule has 0 spiro atoms. The molecule has 2 aromatic carbocycles. The quantitative estimate of drug-likeness (QED) is 0.647. The average Bonchev–Trinajstić information content (AvgIpc) is 2.57. The number of aromatic nitrogens is 1. The van der Waals surface area contributed by atoms with Gasteiger partial charge in [-0.1, -0.05) is 23.7 Å². The van der Waals surface area contributed by atoms with Gasteiger partial charge in [-0.25, -0.2) is 0 Å². The van der Waals surface area contributed by atoms with Crippen LogP contribution in [0.1, 0.15) is 24.1 Å². The lowest BCUT2D eigenvalue weighted by Crippen LogP contribution is -2.22. The SMILES string of the molecule is O=c1c2c(n(-c3ccc(Cl)cc3)c3ccccc13)CCCC2. The third kappa shape index (κ3) is 2.06. The molecule has 1 aliphatic carbocycles. The molecular weight excluding hydrogens is 294 g/mol. The molecule has 2 nitrogen and oxygen atoms in total. The molecule has 0 unspecified atom stereocenters. The minimum atomic E-state index is 0.204. The lowest BCUT2D eigenvalue weighted by molar-refractivity contribution is 0.652. The van der Waals surface area contributed by atoms with Crippen LogP contribution in [0.25, 0.3) is 16.6 Å². The molecule has 22 heavy (non-hydrogen) atoms. The maximum Gasteiger partial charge on any atom is 0.192 e. The lowest BCUT2D eigenvalue weighted by Gasteiger charge is -2.23. The monoisotopic (exact) mass is 309 g/mol. The Morgan fingerprint density at radius 3 is 2.45 bits per heavy atom. The van der Waals surface area contributed by atoms with Gasteiger partial charge >= 0.3 is 0 Å². The standard InChI is InChI=1S/C19H16ClNO/c20-13-9-11-14(12-10-13)21-17-7-3-1-5-15(17)19(22)16-6-2-4-8-18(16)21/h1,3,5,7,9-12H,2,4,6,8H2. The van der Waals surface area contributed by atoms with Gasteiger partial charge in [0, 0.05) is 27.4 Å². The summed E-state index contributed by atoms with van der Waals surface area (Å²) in [4.78, 5) is 12.8. The topological polar surface area (TPSA) is 22.0 Å².